The number of carboxylic acids is 1. The average molecular weight is 323 g/mol. The predicted octanol–water partition coefficient (Wildman–Crippen LogP) is 4.73. The molecule has 3 nitrogen and oxygen atoms in total. The SMILES string of the molecule is COc1ccc(-c2cc(C(C)CC(=O)O)ccc2Cl)c(F)c1. The summed E-state index contributed by atoms with van der Waals surface area (Å²) in [6.45, 7) is 1.81. The third-order valence-corrected chi connectivity index (χ3v) is 3.84. The fraction of sp³-hybridized carbons (Fsp3) is 0.235. The third kappa shape index (κ3) is 3.57. The molecule has 0 heterocycles. The standard InChI is InChI=1S/C17H16ClFO3/c1-10(7-17(20)21)11-3-6-15(18)14(8-11)13-5-4-12(22-2)9-16(13)19/h3-6,8-10H,7H2,1-2H3,(H,20,21). The van der Waals surface area contributed by atoms with Crippen molar-refractivity contribution in [1.29, 1.82) is 0 Å². The Kier molecular flexibility index (Phi) is 5.03. The molecule has 5 heteroatoms. The van der Waals surface area contributed by atoms with Crippen molar-refractivity contribution in [3.8, 4) is 16.9 Å². The number of methoxy groups -OCH3 is 1. The molecule has 0 aliphatic heterocycles. The highest BCUT2D eigenvalue weighted by Gasteiger charge is 2.15. The molecule has 1 N–H and O–H groups in total. The van der Waals surface area contributed by atoms with Gasteiger partial charge in [-0.3, -0.25) is 4.79 Å². The minimum atomic E-state index is -0.875. The molecule has 0 aliphatic carbocycles. The highest BCUT2D eigenvalue weighted by Crippen LogP contribution is 2.34. The van der Waals surface area contributed by atoms with Gasteiger partial charge in [0.1, 0.15) is 11.6 Å². The van der Waals surface area contributed by atoms with Crippen molar-refractivity contribution in [2.75, 3.05) is 7.11 Å². The summed E-state index contributed by atoms with van der Waals surface area (Å²) in [6, 6.07) is 9.71. The molecule has 2 aromatic carbocycles. The lowest BCUT2D eigenvalue weighted by atomic mass is 9.94. The quantitative estimate of drug-likeness (QED) is 0.865. The fourth-order valence-electron chi connectivity index (χ4n) is 2.28. The van der Waals surface area contributed by atoms with Crippen molar-refractivity contribution in [3.63, 3.8) is 0 Å². The summed E-state index contributed by atoms with van der Waals surface area (Å²) in [6.07, 6.45) is 0.00612. The highest BCUT2D eigenvalue weighted by atomic mass is 35.5. The molecule has 22 heavy (non-hydrogen) atoms. The van der Waals surface area contributed by atoms with E-state index in [0.29, 0.717) is 21.9 Å². The summed E-state index contributed by atoms with van der Waals surface area (Å²) >= 11 is 6.17. The number of halogens is 2. The van der Waals surface area contributed by atoms with E-state index in [1.54, 1.807) is 30.3 Å². The molecule has 116 valence electrons. The summed E-state index contributed by atoms with van der Waals surface area (Å²) < 4.78 is 19.2. The Bertz CT molecular complexity index is 700. The number of carboxylic acid groups (broad SMARTS) is 1. The van der Waals surface area contributed by atoms with E-state index in [1.165, 1.54) is 13.2 Å². The second kappa shape index (κ2) is 6.79. The zero-order chi connectivity index (χ0) is 16.3. The Morgan fingerprint density at radius 3 is 2.59 bits per heavy atom. The van der Waals surface area contributed by atoms with E-state index in [0.717, 1.165) is 5.56 Å². The van der Waals surface area contributed by atoms with Crippen molar-refractivity contribution in [1.82, 2.24) is 0 Å². The maximum atomic E-state index is 14.2. The van der Waals surface area contributed by atoms with Crippen molar-refractivity contribution in [3.05, 3.63) is 52.8 Å². The molecule has 0 saturated carbocycles. The van der Waals surface area contributed by atoms with Crippen molar-refractivity contribution in [2.45, 2.75) is 19.3 Å². The smallest absolute Gasteiger partial charge is 0.303 e. The van der Waals surface area contributed by atoms with E-state index >= 15 is 0 Å². The number of ether oxygens (including phenoxy) is 1. The highest BCUT2D eigenvalue weighted by molar-refractivity contribution is 6.33. The van der Waals surface area contributed by atoms with E-state index in [9.17, 15) is 9.18 Å². The molecule has 0 bridgehead atoms. The van der Waals surface area contributed by atoms with Crippen LogP contribution in [0.25, 0.3) is 11.1 Å². The Morgan fingerprint density at radius 2 is 2.00 bits per heavy atom. The Hall–Kier alpha value is -2.07. The van der Waals surface area contributed by atoms with Gasteiger partial charge in [-0.25, -0.2) is 4.39 Å². The van der Waals surface area contributed by atoms with Crippen molar-refractivity contribution >= 4 is 17.6 Å². The molecule has 0 spiro atoms. The van der Waals surface area contributed by atoms with E-state index in [-0.39, 0.29) is 12.3 Å². The maximum Gasteiger partial charge on any atom is 0.303 e. The van der Waals surface area contributed by atoms with Gasteiger partial charge in [-0.15, -0.1) is 0 Å². The first-order chi connectivity index (χ1) is 10.4. The number of hydrogen-bond acceptors (Lipinski definition) is 2. The molecule has 0 radical (unpaired) electrons. The zero-order valence-corrected chi connectivity index (χ0v) is 13.0. The molecule has 2 aromatic rings. The van der Waals surface area contributed by atoms with Crippen LogP contribution in [-0.2, 0) is 4.79 Å². The second-order valence-corrected chi connectivity index (χ2v) is 5.49. The number of hydrogen-bond donors (Lipinski definition) is 1. The van der Waals surface area contributed by atoms with Crippen LogP contribution in [-0.4, -0.2) is 18.2 Å². The molecular formula is C17H16ClFO3. The van der Waals surface area contributed by atoms with Gasteiger partial charge >= 0.3 is 5.97 Å². The molecule has 1 unspecified atom stereocenters. The average Bonchev–Trinajstić information content (AvgIpc) is 2.47. The predicted molar refractivity (Wildman–Crippen MR) is 84.1 cm³/mol. The Morgan fingerprint density at radius 1 is 1.27 bits per heavy atom. The molecular weight excluding hydrogens is 307 g/mol. The molecule has 2 rings (SSSR count). The van der Waals surface area contributed by atoms with Crippen LogP contribution in [0.5, 0.6) is 5.75 Å². The zero-order valence-electron chi connectivity index (χ0n) is 12.3. The largest absolute Gasteiger partial charge is 0.497 e. The van der Waals surface area contributed by atoms with Crippen molar-refractivity contribution < 1.29 is 19.0 Å². The van der Waals surface area contributed by atoms with Crippen molar-refractivity contribution in [2.24, 2.45) is 0 Å². The maximum absolute atomic E-state index is 14.2. The van der Waals surface area contributed by atoms with Crippen LogP contribution < -0.4 is 4.74 Å². The fourth-order valence-corrected chi connectivity index (χ4v) is 2.50. The first-order valence-electron chi connectivity index (χ1n) is 6.77. The minimum Gasteiger partial charge on any atom is -0.497 e. The van der Waals surface area contributed by atoms with E-state index in [2.05, 4.69) is 0 Å². The summed E-state index contributed by atoms with van der Waals surface area (Å²) in [7, 11) is 1.47. The van der Waals surface area contributed by atoms with Gasteiger partial charge in [-0.1, -0.05) is 24.6 Å². The summed E-state index contributed by atoms with van der Waals surface area (Å²) in [4.78, 5) is 10.8. The summed E-state index contributed by atoms with van der Waals surface area (Å²) in [5, 5.41) is 9.30. The topological polar surface area (TPSA) is 46.5 Å². The van der Waals surface area contributed by atoms with Gasteiger partial charge in [0.05, 0.1) is 13.5 Å². The second-order valence-electron chi connectivity index (χ2n) is 5.08. The molecule has 1 atom stereocenters. The monoisotopic (exact) mass is 322 g/mol. The van der Waals surface area contributed by atoms with E-state index < -0.39 is 11.8 Å². The van der Waals surface area contributed by atoms with Crippen LogP contribution in [0.3, 0.4) is 0 Å². The number of carbonyl (C=O) groups is 1. The van der Waals surface area contributed by atoms with Crippen LogP contribution in [0, 0.1) is 5.82 Å². The number of aliphatic carboxylic acids is 1. The van der Waals surface area contributed by atoms with Crippen LogP contribution in [0.15, 0.2) is 36.4 Å². The lowest BCUT2D eigenvalue weighted by molar-refractivity contribution is -0.137. The first-order valence-corrected chi connectivity index (χ1v) is 7.15. The molecule has 0 aliphatic rings. The van der Waals surface area contributed by atoms with Gasteiger partial charge in [0, 0.05) is 22.2 Å². The van der Waals surface area contributed by atoms with Crippen LogP contribution in [0.4, 0.5) is 4.39 Å². The van der Waals surface area contributed by atoms with Gasteiger partial charge in [-0.05, 0) is 35.7 Å². The Labute approximate surface area is 133 Å². The van der Waals surface area contributed by atoms with Gasteiger partial charge in [0.15, 0.2) is 0 Å². The molecule has 0 amide bonds. The number of benzene rings is 2. The molecule has 0 fully saturated rings. The van der Waals surface area contributed by atoms with Crippen LogP contribution in [0.1, 0.15) is 24.8 Å². The molecule has 0 saturated heterocycles. The first kappa shape index (κ1) is 16.3. The van der Waals surface area contributed by atoms with Crippen LogP contribution in [0.2, 0.25) is 5.02 Å². The third-order valence-electron chi connectivity index (χ3n) is 3.51. The number of rotatable bonds is 5. The van der Waals surface area contributed by atoms with Gasteiger partial charge in [0.2, 0.25) is 0 Å². The van der Waals surface area contributed by atoms with Gasteiger partial charge in [0.25, 0.3) is 0 Å². The normalized spacial score (nSPS) is 12.0. The summed E-state index contributed by atoms with van der Waals surface area (Å²) in [5.74, 6) is -1.08. The molecule has 0 aromatic heterocycles. The van der Waals surface area contributed by atoms with Gasteiger partial charge in [-0.2, -0.15) is 0 Å². The lowest BCUT2D eigenvalue weighted by Gasteiger charge is -2.13. The summed E-state index contributed by atoms with van der Waals surface area (Å²) in [5.41, 5.74) is 1.70. The Balaban J connectivity index is 2.44. The van der Waals surface area contributed by atoms with Gasteiger partial charge < -0.3 is 9.84 Å². The van der Waals surface area contributed by atoms with Crippen LogP contribution >= 0.6 is 11.6 Å². The van der Waals surface area contributed by atoms with E-state index in [1.807, 2.05) is 6.92 Å². The minimum absolute atomic E-state index is 0.00612. The lowest BCUT2D eigenvalue weighted by Crippen LogP contribution is -2.03. The van der Waals surface area contributed by atoms with E-state index in [4.69, 9.17) is 21.4 Å².